The van der Waals surface area contributed by atoms with Crippen molar-refractivity contribution in [1.29, 1.82) is 0 Å². The first-order chi connectivity index (χ1) is 52.1. The van der Waals surface area contributed by atoms with Gasteiger partial charge in [0.2, 0.25) is 17.6 Å². The highest BCUT2D eigenvalue weighted by atomic mass is 127. The zero-order chi connectivity index (χ0) is 88.7. The van der Waals surface area contributed by atoms with Crippen LogP contribution >= 0.6 is 24.0 Å². The van der Waals surface area contributed by atoms with Gasteiger partial charge in [0.05, 0.1) is 25.7 Å². The average molecular weight is 1860 g/mol. The maximum absolute atomic E-state index is 14.0. The number of esters is 1. The number of ketones is 5. The average Bonchev–Trinajstić information content (AvgIpc) is 1.54. The summed E-state index contributed by atoms with van der Waals surface area (Å²) in [5, 5.41) is 34.7. The van der Waals surface area contributed by atoms with Gasteiger partial charge in [-0.05, 0) is 119 Å². The van der Waals surface area contributed by atoms with E-state index in [1.54, 1.807) is 37.5 Å². The van der Waals surface area contributed by atoms with Crippen molar-refractivity contribution in [3.8, 4) is 0 Å². The summed E-state index contributed by atoms with van der Waals surface area (Å²) in [5.74, 6) is -1.87. The Balaban J connectivity index is 0.00000148. The van der Waals surface area contributed by atoms with Crippen molar-refractivity contribution in [2.75, 3.05) is 26.7 Å². The third kappa shape index (κ3) is 32.7. The number of rotatable bonds is 27. The van der Waals surface area contributed by atoms with E-state index in [0.29, 0.717) is 67.4 Å². The Kier molecular flexibility index (Phi) is 43.2. The molecule has 0 spiro atoms. The zero-order valence-electron chi connectivity index (χ0n) is 76.9. The van der Waals surface area contributed by atoms with Crippen molar-refractivity contribution < 1.29 is 136 Å². The van der Waals surface area contributed by atoms with Crippen LogP contribution in [0.5, 0.6) is 0 Å². The second kappa shape index (κ2) is 45.0. The maximum atomic E-state index is 14.0. The summed E-state index contributed by atoms with van der Waals surface area (Å²) < 4.78 is 4.75. The fraction of sp³-hybridized carbons (Fsp3) is 0.852. The highest BCUT2D eigenvalue weighted by Gasteiger charge is 2.72. The first-order valence-electron chi connectivity index (χ1n) is 42.5. The van der Waals surface area contributed by atoms with E-state index in [4.69, 9.17) is 27.0 Å². The number of halogens is 4. The molecule has 6 aliphatic carbocycles. The highest BCUT2D eigenvalue weighted by molar-refractivity contribution is 14.0. The molecule has 690 valence electrons. The van der Waals surface area contributed by atoms with Crippen LogP contribution in [0.2, 0.25) is 0 Å². The minimum atomic E-state index is -1.06. The standard InChI is InChI=1S/C30H48N2O5.C22H37NO3.C11H22N2O3.C9H15NO2.2C8H16N2O2.3ClH.HI/c1-28(2,3)15-19(33)14-20(29(4,5)6)27(37)32-16-21-23(30(21,7)8)24(32)22(34)13-18(25(35)26(31)36)12-17-10-9-11-17;1-13(24)18-17-16(22(17,8)9)12-23(18)19(26)15(21(5,6)7)10-14(25)11-20(2,3)4;1-10(2,3)7(8(14)15)12-9(16)13-11(4,5)6;1-9(2)5-4-10-7(6(5)9)8(11)12-3;2*9-6(7(11)8(10)12)4-5-2-1-3-5;;;;/h17-18,20-21,23-24H,9-16H2,1-8H3,(H2,31,36);15-18H,10-12H2,1-9H3;7H,1-6H3,(H,14,15)(H2,12,13,16);5-7,10H,4H2,1-3H3;2*5-7,11H,1-4,9H2,(H2,10,12);4*1H/t18?,20-,21+,23+,24-;15-,16+,17+,18-;7-;5-,6-,7-;;;;;;/m1110....../s1. The number of aliphatic carboxylic acids is 1. The van der Waals surface area contributed by atoms with Gasteiger partial charge in [-0.2, -0.15) is 0 Å². The van der Waals surface area contributed by atoms with Crippen LogP contribution in [-0.2, 0) is 62.3 Å². The number of ether oxygens (including phenoxy) is 1. The molecule has 3 aliphatic heterocycles. The van der Waals surface area contributed by atoms with Crippen molar-refractivity contribution in [1.82, 2.24) is 20.4 Å². The zero-order valence-corrected chi connectivity index (χ0v) is 81.5. The number of aliphatic hydroxyl groups excluding tert-OH is 2. The lowest BCUT2D eigenvalue weighted by molar-refractivity contribution is -0.670. The number of Topliss-reactive ketones (excluding diaryl/α,β-unsaturated/α-hetero) is 5. The van der Waals surface area contributed by atoms with Crippen molar-refractivity contribution in [3.05, 3.63) is 0 Å². The SMILES string of the molecule is CC(=O)[C@@H]1[C@@H]2[C@H](CN1C(=O)[C@@H](CC(=O)CC(C)(C)C)C(C)(C)C)C2(C)C.CC(C)(C)CC(=O)C[C@H](C(=O)N1C[C@H]2[C@@H]([C@H]1C(=O)CC(CC1CCC1)C(=O)C(N)=O)C2(C)C)C(C)(C)C.CC(C)(C)NC(=O)N[C@H](C(=O)O)C(C)(C)C.COC(=O)[C@H]1[NH2+]C[C@H]2[C@@H]1C2(C)C.I.NC(=O)C(O)C([NH3+])CC1CCC1.NC(=O)C(O)C([NH3+])CC1CCC1.[Cl-].[Cl-].[Cl-]. The van der Waals surface area contributed by atoms with E-state index in [1.807, 2.05) is 104 Å². The summed E-state index contributed by atoms with van der Waals surface area (Å²) in [6.07, 6.45) is 11.7. The molecule has 119 heavy (non-hydrogen) atoms. The second-order valence-electron chi connectivity index (χ2n) is 44.1. The summed E-state index contributed by atoms with van der Waals surface area (Å²) in [4.78, 5) is 162. The van der Waals surface area contributed by atoms with Crippen molar-refractivity contribution in [2.24, 2.45) is 132 Å². The summed E-state index contributed by atoms with van der Waals surface area (Å²) in [5.41, 5.74) is 21.2. The van der Waals surface area contributed by atoms with Gasteiger partial charge in [0.15, 0.2) is 29.8 Å². The van der Waals surface area contributed by atoms with Gasteiger partial charge in [0, 0.05) is 93.2 Å². The van der Waals surface area contributed by atoms with E-state index in [-0.39, 0.29) is 202 Å². The number of nitrogens with one attached hydrogen (secondary N) is 2. The number of nitrogens with zero attached hydrogens (tertiary/aromatic N) is 2. The van der Waals surface area contributed by atoms with E-state index in [1.165, 1.54) is 45.6 Å². The van der Waals surface area contributed by atoms with Crippen molar-refractivity contribution in [2.45, 2.75) is 336 Å². The number of carbonyl (C=O) groups excluding carboxylic acids is 12. The second-order valence-corrected chi connectivity index (χ2v) is 44.1. The molecule has 3 heterocycles. The number of carbonyl (C=O) groups is 13. The van der Waals surface area contributed by atoms with Crippen molar-refractivity contribution in [3.63, 3.8) is 0 Å². The van der Waals surface area contributed by atoms with Crippen molar-refractivity contribution >= 4 is 100 Å². The van der Waals surface area contributed by atoms with Crippen LogP contribution in [0.1, 0.15) is 282 Å². The molecule has 19 N–H and O–H groups in total. The number of amides is 7. The van der Waals surface area contributed by atoms with E-state index >= 15 is 0 Å². The van der Waals surface area contributed by atoms with Gasteiger partial charge in [0.1, 0.15) is 29.7 Å². The monoisotopic (exact) mass is 1860 g/mol. The van der Waals surface area contributed by atoms with Gasteiger partial charge >= 0.3 is 18.0 Å². The molecule has 0 aromatic carbocycles. The topological polar surface area (TPSA) is 472 Å². The van der Waals surface area contributed by atoms with Gasteiger partial charge in [-0.15, -0.1) is 24.0 Å². The molecule has 9 aliphatic rings. The molecule has 17 atom stereocenters. The van der Waals surface area contributed by atoms with Crippen LogP contribution in [0.15, 0.2) is 0 Å². The number of fused-ring (bicyclic) bond motifs is 3. The fourth-order valence-corrected chi connectivity index (χ4v) is 18.5. The summed E-state index contributed by atoms with van der Waals surface area (Å²) in [6, 6.07) is -2.69. The molecule has 0 bridgehead atoms. The number of quaternary nitrogens is 3. The third-order valence-corrected chi connectivity index (χ3v) is 26.4. The molecule has 0 radical (unpaired) electrons. The van der Waals surface area contributed by atoms with Gasteiger partial charge < -0.3 is 112 Å². The van der Waals surface area contributed by atoms with E-state index in [9.17, 15) is 72.5 Å². The predicted molar refractivity (Wildman–Crippen MR) is 455 cm³/mol. The summed E-state index contributed by atoms with van der Waals surface area (Å²) in [6.45, 7) is 51.9. The molecule has 9 fully saturated rings. The van der Waals surface area contributed by atoms with Gasteiger partial charge in [-0.3, -0.25) is 47.9 Å². The molecular formula is C88H158Cl3IN10O17. The Morgan fingerprint density at radius 2 is 0.882 bits per heavy atom. The number of carboxylic acids is 1. The molecule has 0 aromatic rings. The third-order valence-electron chi connectivity index (χ3n) is 26.4. The molecule has 3 saturated heterocycles. The van der Waals surface area contributed by atoms with Gasteiger partial charge in [-0.1, -0.05) is 203 Å². The first-order valence-corrected chi connectivity index (χ1v) is 42.5. The van der Waals surface area contributed by atoms with Gasteiger partial charge in [-0.25, -0.2) is 14.4 Å². The lowest BCUT2D eigenvalue weighted by Crippen LogP contribution is -3.00. The van der Waals surface area contributed by atoms with E-state index in [2.05, 4.69) is 69.0 Å². The highest BCUT2D eigenvalue weighted by Crippen LogP contribution is 2.67. The molecule has 5 unspecified atom stereocenters. The Bertz CT molecular complexity index is 3430. The summed E-state index contributed by atoms with van der Waals surface area (Å²) >= 11 is 0. The van der Waals surface area contributed by atoms with Crippen LogP contribution in [0, 0.1) is 114 Å². The number of nitrogens with two attached hydrogens (primary N) is 4. The molecule has 7 amide bonds. The molecule has 0 aromatic heterocycles. The number of piperidine rings is 3. The Morgan fingerprint density at radius 1 is 0.529 bits per heavy atom. The molecule has 9 rings (SSSR count). The number of likely N-dealkylation sites (tertiary alicyclic amines) is 2. The first kappa shape index (κ1) is 114. The normalized spacial score (nSPS) is 25.2. The minimum absolute atomic E-state index is 0. The van der Waals surface area contributed by atoms with Gasteiger partial charge in [0.25, 0.3) is 17.7 Å². The maximum Gasteiger partial charge on any atom is 0.364 e. The van der Waals surface area contributed by atoms with E-state index in [0.717, 1.165) is 44.6 Å². The lowest BCUT2D eigenvalue weighted by atomic mass is 9.74. The van der Waals surface area contributed by atoms with Crippen LogP contribution in [0.3, 0.4) is 0 Å². The summed E-state index contributed by atoms with van der Waals surface area (Å²) in [7, 11) is 1.47. The Hall–Kier alpha value is -4.69. The largest absolute Gasteiger partial charge is 1.00 e. The molecular weight excluding hydrogens is 1700 g/mol. The quantitative estimate of drug-likeness (QED) is 0.0249. The smallest absolute Gasteiger partial charge is 0.364 e. The lowest BCUT2D eigenvalue weighted by Gasteiger charge is -2.38. The Morgan fingerprint density at radius 3 is 1.16 bits per heavy atom. The number of aliphatic hydroxyl groups is 2. The number of primary amides is 3. The Labute approximate surface area is 747 Å². The minimum Gasteiger partial charge on any atom is -1.00 e. The van der Waals surface area contributed by atoms with Crippen LogP contribution in [0.4, 0.5) is 4.79 Å². The molecule has 27 nitrogen and oxygen atoms in total. The van der Waals surface area contributed by atoms with Crippen LogP contribution in [-0.4, -0.2) is 182 Å². The number of carboxylic acid groups (broad SMARTS) is 1. The van der Waals surface area contributed by atoms with Crippen LogP contribution in [0.25, 0.3) is 0 Å². The molecule has 31 heteroatoms. The molecule has 6 saturated carbocycles. The van der Waals surface area contributed by atoms with E-state index < -0.39 is 82.5 Å². The van der Waals surface area contributed by atoms with Crippen LogP contribution < -0.4 is 81.8 Å². The number of methoxy groups -OCH3 is 1. The number of hydrogen-bond donors (Lipinski definition) is 11. The fourth-order valence-electron chi connectivity index (χ4n) is 18.5. The number of hydrogen-bond acceptors (Lipinski definition) is 16. The predicted octanol–water partition coefficient (Wildman–Crippen LogP) is -1.68. The number of urea groups is 1.